The number of benzene rings is 1. The molecule has 4 nitrogen and oxygen atoms in total. The second-order valence-corrected chi connectivity index (χ2v) is 7.02. The number of sulfone groups is 1. The van der Waals surface area contributed by atoms with E-state index < -0.39 is 9.84 Å². The minimum Gasteiger partial charge on any atom is -0.346 e. The summed E-state index contributed by atoms with van der Waals surface area (Å²) in [5, 5.41) is 1.11. The first-order chi connectivity index (χ1) is 9.07. The molecule has 0 amide bonds. The van der Waals surface area contributed by atoms with Crippen LogP contribution in [0.4, 0.5) is 0 Å². The normalized spacial score (nSPS) is 12.1. The molecule has 1 aromatic carbocycles. The molecule has 0 atom stereocenters. The first-order valence-corrected chi connectivity index (χ1v) is 8.37. The van der Waals surface area contributed by atoms with E-state index in [0.29, 0.717) is 19.5 Å². The molecule has 19 heavy (non-hydrogen) atoms. The van der Waals surface area contributed by atoms with Gasteiger partial charge in [-0.1, -0.05) is 19.1 Å². The number of hydrogen-bond acceptors (Lipinski definition) is 3. The Bertz CT molecular complexity index is 659. The first kappa shape index (κ1) is 14.1. The predicted molar refractivity (Wildman–Crippen MR) is 78.8 cm³/mol. The minimum absolute atomic E-state index is 0.192. The molecule has 104 valence electrons. The Morgan fingerprint density at radius 2 is 2.00 bits per heavy atom. The van der Waals surface area contributed by atoms with Crippen molar-refractivity contribution in [1.29, 1.82) is 0 Å². The van der Waals surface area contributed by atoms with E-state index in [-0.39, 0.29) is 11.5 Å². The van der Waals surface area contributed by atoms with Crippen LogP contribution in [0.1, 0.15) is 18.9 Å². The molecule has 1 heterocycles. The molecule has 0 aliphatic heterocycles. The van der Waals surface area contributed by atoms with Crippen molar-refractivity contribution in [3.63, 3.8) is 0 Å². The van der Waals surface area contributed by atoms with Crippen molar-refractivity contribution in [3.05, 3.63) is 36.0 Å². The van der Waals surface area contributed by atoms with Crippen LogP contribution in [0.25, 0.3) is 10.9 Å². The smallest absolute Gasteiger partial charge is 0.152 e. The van der Waals surface area contributed by atoms with E-state index in [0.717, 1.165) is 16.5 Å². The van der Waals surface area contributed by atoms with Crippen molar-refractivity contribution in [1.82, 2.24) is 4.57 Å². The lowest BCUT2D eigenvalue weighted by molar-refractivity contribution is 0.588. The molecule has 2 N–H and O–H groups in total. The number of aryl methyl sites for hydroxylation is 1. The Kier molecular flexibility index (Phi) is 4.27. The van der Waals surface area contributed by atoms with Gasteiger partial charge >= 0.3 is 0 Å². The molecular formula is C14H20N2O2S. The molecule has 5 heteroatoms. The van der Waals surface area contributed by atoms with Crippen LogP contribution in [-0.4, -0.2) is 24.5 Å². The van der Waals surface area contributed by atoms with E-state index in [1.165, 1.54) is 0 Å². The first-order valence-electron chi connectivity index (χ1n) is 6.54. The van der Waals surface area contributed by atoms with Crippen LogP contribution in [-0.2, 0) is 22.9 Å². The summed E-state index contributed by atoms with van der Waals surface area (Å²) < 4.78 is 25.5. The van der Waals surface area contributed by atoms with Gasteiger partial charge in [0, 0.05) is 35.9 Å². The van der Waals surface area contributed by atoms with Crippen LogP contribution in [0.3, 0.4) is 0 Å². The van der Waals surface area contributed by atoms with Gasteiger partial charge in [0.2, 0.25) is 0 Å². The molecular weight excluding hydrogens is 260 g/mol. The van der Waals surface area contributed by atoms with Crippen LogP contribution >= 0.6 is 0 Å². The van der Waals surface area contributed by atoms with Gasteiger partial charge in [0.25, 0.3) is 0 Å². The lowest BCUT2D eigenvalue weighted by atomic mass is 10.1. The van der Waals surface area contributed by atoms with E-state index >= 15 is 0 Å². The molecule has 0 bridgehead atoms. The van der Waals surface area contributed by atoms with Crippen LogP contribution in [0, 0.1) is 0 Å². The molecule has 0 aliphatic rings. The Morgan fingerprint density at radius 1 is 1.21 bits per heavy atom. The van der Waals surface area contributed by atoms with Crippen molar-refractivity contribution in [2.45, 2.75) is 26.4 Å². The molecule has 0 saturated heterocycles. The van der Waals surface area contributed by atoms with Gasteiger partial charge in [0.05, 0.1) is 5.75 Å². The van der Waals surface area contributed by atoms with Crippen LogP contribution < -0.4 is 5.73 Å². The molecule has 2 rings (SSSR count). The molecule has 0 fully saturated rings. The highest BCUT2D eigenvalue weighted by atomic mass is 32.2. The van der Waals surface area contributed by atoms with E-state index in [4.69, 9.17) is 5.73 Å². The Hall–Kier alpha value is -1.33. The zero-order chi connectivity index (χ0) is 13.9. The van der Waals surface area contributed by atoms with Crippen molar-refractivity contribution < 1.29 is 8.42 Å². The molecule has 0 spiro atoms. The standard InChI is InChI=1S/C14H20N2O2S/c1-2-9-19(17,18)10-8-16-7-6-13-12(11-15)4-3-5-14(13)16/h3-7H,2,8-11,15H2,1H3. The fourth-order valence-electron chi connectivity index (χ4n) is 2.31. The quantitative estimate of drug-likeness (QED) is 0.879. The summed E-state index contributed by atoms with van der Waals surface area (Å²) in [5.41, 5.74) is 7.84. The molecule has 0 saturated carbocycles. The summed E-state index contributed by atoms with van der Waals surface area (Å²) in [6, 6.07) is 7.97. The zero-order valence-corrected chi connectivity index (χ0v) is 12.0. The maximum absolute atomic E-state index is 11.8. The highest BCUT2D eigenvalue weighted by Gasteiger charge is 2.11. The average Bonchev–Trinajstić information content (AvgIpc) is 2.79. The Morgan fingerprint density at radius 3 is 2.68 bits per heavy atom. The Labute approximate surface area is 114 Å². The van der Waals surface area contributed by atoms with E-state index in [1.54, 1.807) is 0 Å². The highest BCUT2D eigenvalue weighted by molar-refractivity contribution is 7.91. The second-order valence-electron chi connectivity index (χ2n) is 4.72. The fourth-order valence-corrected chi connectivity index (χ4v) is 3.61. The topological polar surface area (TPSA) is 65.1 Å². The van der Waals surface area contributed by atoms with Crippen LogP contribution in [0.15, 0.2) is 30.5 Å². The lowest BCUT2D eigenvalue weighted by Gasteiger charge is -2.07. The average molecular weight is 280 g/mol. The van der Waals surface area contributed by atoms with Crippen LogP contribution in [0.5, 0.6) is 0 Å². The summed E-state index contributed by atoms with van der Waals surface area (Å²) in [5.74, 6) is 0.456. The maximum atomic E-state index is 11.8. The van der Waals surface area contributed by atoms with Crippen molar-refractivity contribution >= 4 is 20.7 Å². The molecule has 0 radical (unpaired) electrons. The summed E-state index contributed by atoms with van der Waals surface area (Å²) in [6.45, 7) is 2.88. The van der Waals surface area contributed by atoms with E-state index in [9.17, 15) is 8.42 Å². The van der Waals surface area contributed by atoms with Gasteiger partial charge in [-0.2, -0.15) is 0 Å². The fraction of sp³-hybridized carbons (Fsp3) is 0.429. The predicted octanol–water partition coefficient (Wildman–Crippen LogP) is 1.92. The summed E-state index contributed by atoms with van der Waals surface area (Å²) >= 11 is 0. The molecule has 0 unspecified atom stereocenters. The third-order valence-electron chi connectivity index (χ3n) is 3.28. The van der Waals surface area contributed by atoms with E-state index in [2.05, 4.69) is 0 Å². The van der Waals surface area contributed by atoms with Gasteiger partial charge in [0.15, 0.2) is 9.84 Å². The number of hydrogen-bond donors (Lipinski definition) is 1. The molecule has 1 aromatic heterocycles. The third-order valence-corrected chi connectivity index (χ3v) is 5.12. The van der Waals surface area contributed by atoms with Gasteiger partial charge in [-0.15, -0.1) is 0 Å². The minimum atomic E-state index is -2.94. The SMILES string of the molecule is CCCS(=O)(=O)CCn1ccc2c(CN)cccc21. The number of rotatable bonds is 6. The number of aromatic nitrogens is 1. The highest BCUT2D eigenvalue weighted by Crippen LogP contribution is 2.20. The number of nitrogens with zero attached hydrogens (tertiary/aromatic N) is 1. The summed E-state index contributed by atoms with van der Waals surface area (Å²) in [7, 11) is -2.94. The maximum Gasteiger partial charge on any atom is 0.152 e. The number of nitrogens with two attached hydrogens (primary N) is 1. The van der Waals surface area contributed by atoms with Crippen molar-refractivity contribution in [2.75, 3.05) is 11.5 Å². The Balaban J connectivity index is 2.23. The molecule has 2 aromatic rings. The van der Waals surface area contributed by atoms with Gasteiger partial charge in [0.1, 0.15) is 0 Å². The monoisotopic (exact) mass is 280 g/mol. The van der Waals surface area contributed by atoms with Gasteiger partial charge in [-0.3, -0.25) is 0 Å². The lowest BCUT2D eigenvalue weighted by Crippen LogP contribution is -2.15. The zero-order valence-electron chi connectivity index (χ0n) is 11.2. The second kappa shape index (κ2) is 5.75. The third kappa shape index (κ3) is 3.16. The van der Waals surface area contributed by atoms with Crippen molar-refractivity contribution in [3.8, 4) is 0 Å². The van der Waals surface area contributed by atoms with Crippen molar-refractivity contribution in [2.24, 2.45) is 5.73 Å². The summed E-state index contributed by atoms with van der Waals surface area (Å²) in [6.07, 6.45) is 2.61. The van der Waals surface area contributed by atoms with E-state index in [1.807, 2.05) is 42.0 Å². The largest absolute Gasteiger partial charge is 0.346 e. The van der Waals surface area contributed by atoms with Gasteiger partial charge in [-0.25, -0.2) is 8.42 Å². The van der Waals surface area contributed by atoms with Gasteiger partial charge in [-0.05, 0) is 24.1 Å². The number of fused-ring (bicyclic) bond motifs is 1. The van der Waals surface area contributed by atoms with Crippen LogP contribution in [0.2, 0.25) is 0 Å². The molecule has 0 aliphatic carbocycles. The van der Waals surface area contributed by atoms with Gasteiger partial charge < -0.3 is 10.3 Å². The summed E-state index contributed by atoms with van der Waals surface area (Å²) in [4.78, 5) is 0.